The number of carbonyl (C=O) groups excluding carboxylic acids is 2. The largest absolute Gasteiger partial charge is 0.497 e. The molecule has 6 heteroatoms. The third-order valence-electron chi connectivity index (χ3n) is 6.26. The van der Waals surface area contributed by atoms with E-state index in [2.05, 4.69) is 24.1 Å². The highest BCUT2D eigenvalue weighted by atomic mass is 16.5. The molecular weight excluding hydrogens is 354 g/mol. The summed E-state index contributed by atoms with van der Waals surface area (Å²) in [7, 11) is 1.61. The number of amides is 2. The maximum absolute atomic E-state index is 12.8. The molecule has 28 heavy (non-hydrogen) atoms. The number of likely N-dealkylation sites (tertiary alicyclic amines) is 2. The number of piperidine rings is 2. The zero-order valence-corrected chi connectivity index (χ0v) is 17.4. The van der Waals surface area contributed by atoms with Crippen LogP contribution in [0.5, 0.6) is 5.75 Å². The molecule has 0 aliphatic carbocycles. The highest BCUT2D eigenvalue weighted by Crippen LogP contribution is 2.22. The molecule has 0 unspecified atom stereocenters. The van der Waals surface area contributed by atoms with E-state index in [4.69, 9.17) is 4.74 Å². The molecule has 1 aromatic carbocycles. The number of benzene rings is 1. The smallest absolute Gasteiger partial charge is 0.278 e. The Hall–Kier alpha value is -2.08. The van der Waals surface area contributed by atoms with Crippen LogP contribution in [0.1, 0.15) is 56.3 Å². The third-order valence-corrected chi connectivity index (χ3v) is 6.26. The standard InChI is InChI=1S/C22H33N3O3/c1-16-5-4-6-17(2)25(16)21(26)15-24-13-11-19(12-14-24)23-22(27)18-7-9-20(28-3)10-8-18/h7-10,16-17,19H,4-6,11-15H2,1-3H3,(H,23,27)/p+1/t16-,17-/m1/s1. The normalized spacial score (nSPS) is 27.9. The zero-order valence-electron chi connectivity index (χ0n) is 17.4. The fourth-order valence-electron chi connectivity index (χ4n) is 4.58. The molecule has 2 fully saturated rings. The quantitative estimate of drug-likeness (QED) is 0.798. The van der Waals surface area contributed by atoms with Crippen LogP contribution in [0.15, 0.2) is 24.3 Å². The summed E-state index contributed by atoms with van der Waals surface area (Å²) in [5.41, 5.74) is 0.652. The van der Waals surface area contributed by atoms with E-state index in [0.29, 0.717) is 24.2 Å². The van der Waals surface area contributed by atoms with E-state index in [0.717, 1.165) is 44.5 Å². The number of quaternary nitrogens is 1. The maximum atomic E-state index is 12.8. The summed E-state index contributed by atoms with van der Waals surface area (Å²) in [5.74, 6) is 0.994. The molecule has 2 atom stereocenters. The van der Waals surface area contributed by atoms with Gasteiger partial charge in [-0.2, -0.15) is 0 Å². The number of rotatable bonds is 5. The van der Waals surface area contributed by atoms with Crippen molar-refractivity contribution < 1.29 is 19.2 Å². The fraction of sp³-hybridized carbons (Fsp3) is 0.636. The van der Waals surface area contributed by atoms with E-state index in [9.17, 15) is 9.59 Å². The molecule has 0 radical (unpaired) electrons. The van der Waals surface area contributed by atoms with Gasteiger partial charge in [0, 0.05) is 36.5 Å². The molecule has 0 aromatic heterocycles. The number of hydrogen-bond donors (Lipinski definition) is 2. The van der Waals surface area contributed by atoms with Crippen LogP contribution in [-0.2, 0) is 4.79 Å². The second kappa shape index (κ2) is 9.41. The minimum atomic E-state index is -0.0388. The maximum Gasteiger partial charge on any atom is 0.278 e. The lowest BCUT2D eigenvalue weighted by molar-refractivity contribution is -0.897. The monoisotopic (exact) mass is 388 g/mol. The van der Waals surface area contributed by atoms with Gasteiger partial charge in [-0.3, -0.25) is 9.59 Å². The van der Waals surface area contributed by atoms with Crippen molar-refractivity contribution in [3.05, 3.63) is 29.8 Å². The van der Waals surface area contributed by atoms with Crippen LogP contribution in [0, 0.1) is 0 Å². The van der Waals surface area contributed by atoms with Crippen molar-refractivity contribution in [3.63, 3.8) is 0 Å². The number of nitrogens with one attached hydrogen (secondary N) is 2. The molecule has 3 rings (SSSR count). The molecule has 0 saturated carbocycles. The fourth-order valence-corrected chi connectivity index (χ4v) is 4.58. The average molecular weight is 389 g/mol. The molecule has 6 nitrogen and oxygen atoms in total. The predicted octanol–water partition coefficient (Wildman–Crippen LogP) is 1.26. The van der Waals surface area contributed by atoms with E-state index in [1.807, 2.05) is 0 Å². The first-order valence-corrected chi connectivity index (χ1v) is 10.6. The molecule has 2 aliphatic heterocycles. The summed E-state index contributed by atoms with van der Waals surface area (Å²) in [6.45, 7) is 6.77. The van der Waals surface area contributed by atoms with Crippen LogP contribution in [0.2, 0.25) is 0 Å². The first-order chi connectivity index (χ1) is 13.5. The molecule has 0 bridgehead atoms. The molecule has 0 spiro atoms. The van der Waals surface area contributed by atoms with Gasteiger partial charge in [-0.05, 0) is 57.4 Å². The number of methoxy groups -OCH3 is 1. The van der Waals surface area contributed by atoms with Crippen LogP contribution < -0.4 is 15.0 Å². The Morgan fingerprint density at radius 1 is 1.07 bits per heavy atom. The van der Waals surface area contributed by atoms with Gasteiger partial charge in [0.15, 0.2) is 6.54 Å². The molecule has 2 heterocycles. The van der Waals surface area contributed by atoms with E-state index in [1.165, 1.54) is 11.3 Å². The highest BCUT2D eigenvalue weighted by Gasteiger charge is 2.32. The minimum Gasteiger partial charge on any atom is -0.497 e. The van der Waals surface area contributed by atoms with Crippen molar-refractivity contribution in [1.29, 1.82) is 0 Å². The molecule has 2 N–H and O–H groups in total. The van der Waals surface area contributed by atoms with Crippen molar-refractivity contribution in [2.24, 2.45) is 0 Å². The van der Waals surface area contributed by atoms with Crippen molar-refractivity contribution in [1.82, 2.24) is 10.2 Å². The van der Waals surface area contributed by atoms with Gasteiger partial charge in [-0.15, -0.1) is 0 Å². The number of ether oxygens (including phenoxy) is 1. The Labute approximate surface area is 168 Å². The van der Waals surface area contributed by atoms with E-state index >= 15 is 0 Å². The van der Waals surface area contributed by atoms with Gasteiger partial charge in [0.25, 0.3) is 11.8 Å². The SMILES string of the molecule is COc1ccc(C(=O)NC2CC[NH+](CC(=O)N3[C@H](C)CCC[C@H]3C)CC2)cc1. The molecule has 2 amide bonds. The van der Waals surface area contributed by atoms with E-state index in [-0.39, 0.29) is 17.9 Å². The molecular formula is C22H34N3O3+. The first kappa shape index (κ1) is 20.6. The topological polar surface area (TPSA) is 63.1 Å². The number of nitrogens with zero attached hydrogens (tertiary/aromatic N) is 1. The minimum absolute atomic E-state index is 0.0388. The van der Waals surface area contributed by atoms with Gasteiger partial charge in [-0.25, -0.2) is 0 Å². The van der Waals surface area contributed by atoms with Crippen molar-refractivity contribution >= 4 is 11.8 Å². The van der Waals surface area contributed by atoms with Crippen LogP contribution in [0.25, 0.3) is 0 Å². The molecule has 2 aliphatic rings. The second-order valence-electron chi connectivity index (χ2n) is 8.33. The number of carbonyl (C=O) groups is 2. The molecule has 1 aromatic rings. The van der Waals surface area contributed by atoms with Gasteiger partial charge < -0.3 is 19.9 Å². The van der Waals surface area contributed by atoms with Gasteiger partial charge in [-0.1, -0.05) is 0 Å². The van der Waals surface area contributed by atoms with Gasteiger partial charge in [0.1, 0.15) is 5.75 Å². The lowest BCUT2D eigenvalue weighted by Crippen LogP contribution is -3.14. The molecule has 154 valence electrons. The summed E-state index contributed by atoms with van der Waals surface area (Å²) >= 11 is 0. The highest BCUT2D eigenvalue weighted by molar-refractivity contribution is 5.94. The summed E-state index contributed by atoms with van der Waals surface area (Å²) in [5, 5.41) is 3.14. The summed E-state index contributed by atoms with van der Waals surface area (Å²) in [6.07, 6.45) is 5.28. The van der Waals surface area contributed by atoms with Crippen LogP contribution >= 0.6 is 0 Å². The Balaban J connectivity index is 1.45. The lowest BCUT2D eigenvalue weighted by atomic mass is 9.97. The lowest BCUT2D eigenvalue weighted by Gasteiger charge is -2.40. The van der Waals surface area contributed by atoms with Crippen molar-refractivity contribution in [3.8, 4) is 5.75 Å². The van der Waals surface area contributed by atoms with Gasteiger partial charge in [0.2, 0.25) is 0 Å². The Bertz CT molecular complexity index is 658. The Kier molecular flexibility index (Phi) is 6.94. The summed E-state index contributed by atoms with van der Waals surface area (Å²) in [4.78, 5) is 28.7. The van der Waals surface area contributed by atoms with Crippen molar-refractivity contribution in [2.45, 2.75) is 64.1 Å². The Morgan fingerprint density at radius 2 is 1.68 bits per heavy atom. The number of hydrogen-bond acceptors (Lipinski definition) is 3. The van der Waals surface area contributed by atoms with Crippen LogP contribution in [0.4, 0.5) is 0 Å². The average Bonchev–Trinajstić information content (AvgIpc) is 2.69. The third kappa shape index (κ3) is 5.04. The second-order valence-corrected chi connectivity index (χ2v) is 8.33. The van der Waals surface area contributed by atoms with E-state index < -0.39 is 0 Å². The predicted molar refractivity (Wildman–Crippen MR) is 109 cm³/mol. The summed E-state index contributed by atoms with van der Waals surface area (Å²) < 4.78 is 5.13. The zero-order chi connectivity index (χ0) is 20.1. The summed E-state index contributed by atoms with van der Waals surface area (Å²) in [6, 6.07) is 8.07. The Morgan fingerprint density at radius 3 is 2.25 bits per heavy atom. The van der Waals surface area contributed by atoms with Crippen LogP contribution in [0.3, 0.4) is 0 Å². The van der Waals surface area contributed by atoms with Gasteiger partial charge in [0.05, 0.1) is 20.2 Å². The van der Waals surface area contributed by atoms with Gasteiger partial charge >= 0.3 is 0 Å². The first-order valence-electron chi connectivity index (χ1n) is 10.6. The van der Waals surface area contributed by atoms with E-state index in [1.54, 1.807) is 31.4 Å². The molecule has 2 saturated heterocycles. The van der Waals surface area contributed by atoms with Crippen LogP contribution in [-0.4, -0.2) is 61.6 Å². The van der Waals surface area contributed by atoms with Crippen molar-refractivity contribution in [2.75, 3.05) is 26.7 Å².